The second-order valence-electron chi connectivity index (χ2n) is 5.75. The molecule has 1 heterocycles. The predicted molar refractivity (Wildman–Crippen MR) is 96.3 cm³/mol. The molecule has 0 fully saturated rings. The minimum atomic E-state index is -1.18. The zero-order chi connectivity index (χ0) is 19.2. The number of nitrogens with zero attached hydrogens (tertiary/aromatic N) is 1. The van der Waals surface area contributed by atoms with Crippen LogP contribution in [0.4, 0.5) is 5.82 Å². The lowest BCUT2D eigenvalue weighted by atomic mass is 10.1. The maximum atomic E-state index is 12.7. The van der Waals surface area contributed by atoms with Crippen LogP contribution in [0.15, 0.2) is 65.2 Å². The van der Waals surface area contributed by atoms with E-state index in [1.54, 1.807) is 43.3 Å². The van der Waals surface area contributed by atoms with Crippen molar-refractivity contribution in [3.63, 3.8) is 0 Å². The molecule has 2 aromatic carbocycles. The Labute approximate surface area is 154 Å². The molecule has 0 saturated heterocycles. The van der Waals surface area contributed by atoms with Gasteiger partial charge in [0.2, 0.25) is 6.10 Å². The standard InChI is InChI=1S/C20H16N2O5/c1-13-11-17(22-27-13)21-19(24)18(15-5-3-2-4-6-15)26-20(25)16-9-7-14(12-23)8-10-16/h2-12,18H,1H3,(H,21,22,24). The van der Waals surface area contributed by atoms with Crippen LogP contribution < -0.4 is 5.32 Å². The molecule has 0 saturated carbocycles. The fraction of sp³-hybridized carbons (Fsp3) is 0.100. The summed E-state index contributed by atoms with van der Waals surface area (Å²) in [5.41, 5.74) is 1.17. The van der Waals surface area contributed by atoms with E-state index in [-0.39, 0.29) is 11.4 Å². The molecule has 7 heteroatoms. The molecule has 0 aliphatic carbocycles. The van der Waals surface area contributed by atoms with Crippen LogP contribution in [0.5, 0.6) is 0 Å². The van der Waals surface area contributed by atoms with E-state index in [0.717, 1.165) is 0 Å². The molecular weight excluding hydrogens is 348 g/mol. The fourth-order valence-electron chi connectivity index (χ4n) is 2.39. The van der Waals surface area contributed by atoms with Crippen LogP contribution in [0.25, 0.3) is 0 Å². The quantitative estimate of drug-likeness (QED) is 0.532. The third kappa shape index (κ3) is 4.46. The molecular formula is C20H16N2O5. The first-order chi connectivity index (χ1) is 13.1. The number of aryl methyl sites for hydroxylation is 1. The molecule has 1 aromatic heterocycles. The van der Waals surface area contributed by atoms with Crippen LogP contribution in [0, 0.1) is 6.92 Å². The van der Waals surface area contributed by atoms with Gasteiger partial charge in [0.05, 0.1) is 5.56 Å². The molecule has 1 amide bonds. The van der Waals surface area contributed by atoms with Crippen molar-refractivity contribution in [3.8, 4) is 0 Å². The number of hydrogen-bond donors (Lipinski definition) is 1. The molecule has 0 aliphatic rings. The summed E-state index contributed by atoms with van der Waals surface area (Å²) in [7, 11) is 0. The average Bonchev–Trinajstić information content (AvgIpc) is 3.11. The number of ether oxygens (including phenoxy) is 1. The zero-order valence-electron chi connectivity index (χ0n) is 14.4. The summed E-state index contributed by atoms with van der Waals surface area (Å²) in [6.07, 6.45) is -0.503. The second kappa shape index (κ2) is 8.09. The number of amides is 1. The monoisotopic (exact) mass is 364 g/mol. The lowest BCUT2D eigenvalue weighted by molar-refractivity contribution is -0.125. The number of aldehydes is 1. The Morgan fingerprint density at radius 3 is 2.41 bits per heavy atom. The van der Waals surface area contributed by atoms with Crippen LogP contribution in [0.2, 0.25) is 0 Å². The lowest BCUT2D eigenvalue weighted by Gasteiger charge is -2.17. The van der Waals surface area contributed by atoms with Gasteiger partial charge in [-0.2, -0.15) is 0 Å². The van der Waals surface area contributed by atoms with E-state index in [0.29, 0.717) is 23.2 Å². The summed E-state index contributed by atoms with van der Waals surface area (Å²) < 4.78 is 10.4. The van der Waals surface area contributed by atoms with E-state index in [1.807, 2.05) is 0 Å². The smallest absolute Gasteiger partial charge is 0.339 e. The van der Waals surface area contributed by atoms with Gasteiger partial charge in [0.15, 0.2) is 5.82 Å². The first-order valence-corrected chi connectivity index (χ1v) is 8.12. The number of nitrogens with one attached hydrogen (secondary N) is 1. The van der Waals surface area contributed by atoms with Crippen molar-refractivity contribution in [1.82, 2.24) is 5.16 Å². The van der Waals surface area contributed by atoms with Gasteiger partial charge in [-0.3, -0.25) is 9.59 Å². The lowest BCUT2D eigenvalue weighted by Crippen LogP contribution is -2.26. The van der Waals surface area contributed by atoms with Gasteiger partial charge >= 0.3 is 5.97 Å². The third-order valence-electron chi connectivity index (χ3n) is 3.73. The predicted octanol–water partition coefficient (Wildman–Crippen LogP) is 3.33. The van der Waals surface area contributed by atoms with Gasteiger partial charge < -0.3 is 14.6 Å². The first-order valence-electron chi connectivity index (χ1n) is 8.12. The molecule has 3 aromatic rings. The van der Waals surface area contributed by atoms with Crippen LogP contribution in [-0.2, 0) is 9.53 Å². The zero-order valence-corrected chi connectivity index (χ0v) is 14.4. The van der Waals surface area contributed by atoms with Crippen LogP contribution in [-0.4, -0.2) is 23.3 Å². The number of aromatic nitrogens is 1. The van der Waals surface area contributed by atoms with Crippen molar-refractivity contribution in [3.05, 3.63) is 83.1 Å². The Kier molecular flexibility index (Phi) is 5.41. The summed E-state index contributed by atoms with van der Waals surface area (Å²) in [5, 5.41) is 6.28. The van der Waals surface area contributed by atoms with Crippen LogP contribution in [0.3, 0.4) is 0 Å². The van der Waals surface area contributed by atoms with E-state index >= 15 is 0 Å². The molecule has 0 spiro atoms. The van der Waals surface area contributed by atoms with Gasteiger partial charge in [-0.1, -0.05) is 47.6 Å². The van der Waals surface area contributed by atoms with Crippen molar-refractivity contribution in [1.29, 1.82) is 0 Å². The van der Waals surface area contributed by atoms with E-state index < -0.39 is 18.0 Å². The number of anilines is 1. The fourth-order valence-corrected chi connectivity index (χ4v) is 2.39. The highest BCUT2D eigenvalue weighted by atomic mass is 16.5. The first kappa shape index (κ1) is 18.1. The van der Waals surface area contributed by atoms with E-state index in [1.165, 1.54) is 24.3 Å². The number of carbonyl (C=O) groups excluding carboxylic acids is 3. The maximum Gasteiger partial charge on any atom is 0.339 e. The molecule has 0 bridgehead atoms. The van der Waals surface area contributed by atoms with Gasteiger partial charge in [0.25, 0.3) is 5.91 Å². The van der Waals surface area contributed by atoms with Gasteiger partial charge in [-0.05, 0) is 19.1 Å². The third-order valence-corrected chi connectivity index (χ3v) is 3.73. The number of esters is 1. The van der Waals surface area contributed by atoms with Crippen molar-refractivity contribution in [2.45, 2.75) is 13.0 Å². The Balaban J connectivity index is 1.82. The van der Waals surface area contributed by atoms with Gasteiger partial charge in [-0.25, -0.2) is 4.79 Å². The molecule has 1 atom stereocenters. The number of hydrogen-bond acceptors (Lipinski definition) is 6. The minimum absolute atomic E-state index is 0.227. The highest BCUT2D eigenvalue weighted by molar-refractivity contribution is 5.97. The Hall–Kier alpha value is -3.74. The van der Waals surface area contributed by atoms with Crippen molar-refractivity contribution in [2.75, 3.05) is 5.32 Å². The van der Waals surface area contributed by atoms with Crippen molar-refractivity contribution < 1.29 is 23.6 Å². The SMILES string of the molecule is Cc1cc(NC(=O)C(OC(=O)c2ccc(C=O)cc2)c2ccccc2)no1. The van der Waals surface area contributed by atoms with Gasteiger partial charge in [0, 0.05) is 17.2 Å². The second-order valence-corrected chi connectivity index (χ2v) is 5.75. The molecule has 1 unspecified atom stereocenters. The van der Waals surface area contributed by atoms with Gasteiger partial charge in [-0.15, -0.1) is 0 Å². The van der Waals surface area contributed by atoms with Crippen molar-refractivity contribution in [2.24, 2.45) is 0 Å². The topological polar surface area (TPSA) is 98.5 Å². The number of benzene rings is 2. The molecule has 27 heavy (non-hydrogen) atoms. The molecule has 1 N–H and O–H groups in total. The average molecular weight is 364 g/mol. The molecule has 3 rings (SSSR count). The highest BCUT2D eigenvalue weighted by Crippen LogP contribution is 2.22. The highest BCUT2D eigenvalue weighted by Gasteiger charge is 2.26. The normalized spacial score (nSPS) is 11.4. The van der Waals surface area contributed by atoms with E-state index in [9.17, 15) is 14.4 Å². The minimum Gasteiger partial charge on any atom is -0.444 e. The Morgan fingerprint density at radius 2 is 1.81 bits per heavy atom. The molecule has 136 valence electrons. The van der Waals surface area contributed by atoms with Crippen LogP contribution >= 0.6 is 0 Å². The maximum absolute atomic E-state index is 12.7. The Morgan fingerprint density at radius 1 is 1.11 bits per heavy atom. The Bertz CT molecular complexity index is 948. The molecule has 7 nitrogen and oxygen atoms in total. The summed E-state index contributed by atoms with van der Waals surface area (Å²) in [6.45, 7) is 1.69. The summed E-state index contributed by atoms with van der Waals surface area (Å²) in [5.74, 6) is -0.487. The largest absolute Gasteiger partial charge is 0.444 e. The van der Waals surface area contributed by atoms with E-state index in [4.69, 9.17) is 9.26 Å². The summed E-state index contributed by atoms with van der Waals surface area (Å²) in [6, 6.07) is 16.1. The summed E-state index contributed by atoms with van der Waals surface area (Å²) in [4.78, 5) is 35.9. The van der Waals surface area contributed by atoms with Crippen molar-refractivity contribution >= 4 is 24.0 Å². The molecule has 0 aliphatic heterocycles. The van der Waals surface area contributed by atoms with E-state index in [2.05, 4.69) is 10.5 Å². The molecule has 0 radical (unpaired) electrons. The van der Waals surface area contributed by atoms with Gasteiger partial charge in [0.1, 0.15) is 12.0 Å². The summed E-state index contributed by atoms with van der Waals surface area (Å²) >= 11 is 0. The van der Waals surface area contributed by atoms with Crippen LogP contribution in [0.1, 0.15) is 38.1 Å². The number of carbonyl (C=O) groups is 3. The number of rotatable bonds is 6.